The van der Waals surface area contributed by atoms with Crippen molar-refractivity contribution in [3.05, 3.63) is 65.2 Å². The van der Waals surface area contributed by atoms with Crippen molar-refractivity contribution in [3.8, 4) is 5.75 Å². The quantitative estimate of drug-likeness (QED) is 0.769. The molecule has 21 heavy (non-hydrogen) atoms. The Kier molecular flexibility index (Phi) is 3.93. The summed E-state index contributed by atoms with van der Waals surface area (Å²) >= 11 is 6.29. The molecule has 0 aliphatic carbocycles. The van der Waals surface area contributed by atoms with Crippen LogP contribution in [-0.2, 0) is 6.54 Å². The lowest BCUT2D eigenvalue weighted by molar-refractivity contribution is 0.414. The Balaban J connectivity index is 1.78. The summed E-state index contributed by atoms with van der Waals surface area (Å²) in [5.74, 6) is 1.63. The molecule has 106 valence electrons. The van der Waals surface area contributed by atoms with Crippen molar-refractivity contribution in [1.82, 2.24) is 4.98 Å². The second-order valence-corrected chi connectivity index (χ2v) is 5.12. The molecule has 0 amide bonds. The largest absolute Gasteiger partial charge is 0.497 e. The molecule has 0 fully saturated rings. The van der Waals surface area contributed by atoms with Crippen LogP contribution in [-0.4, -0.2) is 12.1 Å². The zero-order valence-corrected chi connectivity index (χ0v) is 12.4. The summed E-state index contributed by atoms with van der Waals surface area (Å²) in [6.45, 7) is 0.686. The summed E-state index contributed by atoms with van der Waals surface area (Å²) in [4.78, 5) is 4.56. The minimum atomic E-state index is 0.686. The van der Waals surface area contributed by atoms with Crippen LogP contribution < -0.4 is 10.1 Å². The number of anilines is 1. The van der Waals surface area contributed by atoms with Crippen LogP contribution in [0.3, 0.4) is 0 Å². The predicted octanol–water partition coefficient (Wildman–Crippen LogP) is 4.51. The van der Waals surface area contributed by atoms with E-state index < -0.39 is 0 Å². The summed E-state index contributed by atoms with van der Waals surface area (Å²) in [7, 11) is 1.66. The number of fused-ring (bicyclic) bond motifs is 1. The van der Waals surface area contributed by atoms with Crippen molar-refractivity contribution < 1.29 is 4.74 Å². The van der Waals surface area contributed by atoms with E-state index in [-0.39, 0.29) is 0 Å². The van der Waals surface area contributed by atoms with Crippen molar-refractivity contribution in [3.63, 3.8) is 0 Å². The van der Waals surface area contributed by atoms with E-state index in [2.05, 4.69) is 10.3 Å². The van der Waals surface area contributed by atoms with Crippen LogP contribution in [0, 0.1) is 0 Å². The van der Waals surface area contributed by atoms with Gasteiger partial charge < -0.3 is 10.1 Å². The van der Waals surface area contributed by atoms with Gasteiger partial charge in [-0.15, -0.1) is 0 Å². The zero-order chi connectivity index (χ0) is 14.7. The van der Waals surface area contributed by atoms with Gasteiger partial charge in [-0.1, -0.05) is 41.9 Å². The normalized spacial score (nSPS) is 10.6. The van der Waals surface area contributed by atoms with Gasteiger partial charge in [0.25, 0.3) is 0 Å². The number of para-hydroxylation sites is 1. The number of nitrogens with one attached hydrogen (secondary N) is 1. The van der Waals surface area contributed by atoms with E-state index in [1.165, 1.54) is 0 Å². The Morgan fingerprint density at radius 2 is 1.86 bits per heavy atom. The first-order valence-corrected chi connectivity index (χ1v) is 7.06. The molecule has 0 aliphatic rings. The van der Waals surface area contributed by atoms with Gasteiger partial charge in [0.2, 0.25) is 0 Å². The molecule has 0 bridgehead atoms. The lowest BCUT2D eigenvalue weighted by atomic mass is 10.2. The fraction of sp³-hybridized carbons (Fsp3) is 0.118. The van der Waals surface area contributed by atoms with Gasteiger partial charge in [0, 0.05) is 11.9 Å². The van der Waals surface area contributed by atoms with E-state index >= 15 is 0 Å². The number of nitrogens with zero attached hydrogens (tertiary/aromatic N) is 1. The maximum atomic E-state index is 6.29. The SMILES string of the molecule is COc1ccc(CNc2cc(Cl)c3ccccc3n2)cc1. The number of aromatic nitrogens is 1. The van der Waals surface area contributed by atoms with E-state index in [0.717, 1.165) is 28.0 Å². The van der Waals surface area contributed by atoms with Crippen LogP contribution in [0.15, 0.2) is 54.6 Å². The van der Waals surface area contributed by atoms with Gasteiger partial charge in [0.15, 0.2) is 0 Å². The topological polar surface area (TPSA) is 34.1 Å². The van der Waals surface area contributed by atoms with E-state index in [4.69, 9.17) is 16.3 Å². The first kappa shape index (κ1) is 13.7. The van der Waals surface area contributed by atoms with E-state index in [1.54, 1.807) is 7.11 Å². The molecule has 0 saturated carbocycles. The highest BCUT2D eigenvalue weighted by Crippen LogP contribution is 2.25. The van der Waals surface area contributed by atoms with Crippen LogP contribution in [0.4, 0.5) is 5.82 Å². The first-order chi connectivity index (χ1) is 10.3. The molecule has 1 N–H and O–H groups in total. The smallest absolute Gasteiger partial charge is 0.128 e. The van der Waals surface area contributed by atoms with E-state index in [0.29, 0.717) is 11.6 Å². The second-order valence-electron chi connectivity index (χ2n) is 4.71. The number of benzene rings is 2. The van der Waals surface area contributed by atoms with Crippen molar-refractivity contribution >= 4 is 28.3 Å². The zero-order valence-electron chi connectivity index (χ0n) is 11.6. The number of rotatable bonds is 4. The van der Waals surface area contributed by atoms with Gasteiger partial charge in [0.05, 0.1) is 17.6 Å². The number of ether oxygens (including phenoxy) is 1. The Hall–Kier alpha value is -2.26. The average Bonchev–Trinajstić information content (AvgIpc) is 2.53. The highest BCUT2D eigenvalue weighted by molar-refractivity contribution is 6.35. The standard InChI is InChI=1S/C17H15ClN2O/c1-21-13-8-6-12(7-9-13)11-19-17-10-15(18)14-4-2-3-5-16(14)20-17/h2-10H,11H2,1H3,(H,19,20). The average molecular weight is 299 g/mol. The maximum Gasteiger partial charge on any atom is 0.128 e. The van der Waals surface area contributed by atoms with Gasteiger partial charge in [-0.05, 0) is 29.8 Å². The molecule has 1 heterocycles. The number of halogens is 1. The third-order valence-corrected chi connectivity index (χ3v) is 3.61. The summed E-state index contributed by atoms with van der Waals surface area (Å²) in [5, 5.41) is 4.97. The number of hydrogen-bond acceptors (Lipinski definition) is 3. The van der Waals surface area contributed by atoms with Gasteiger partial charge in [-0.2, -0.15) is 0 Å². The minimum Gasteiger partial charge on any atom is -0.497 e. The Labute approximate surface area is 128 Å². The minimum absolute atomic E-state index is 0.686. The molecule has 3 nitrogen and oxygen atoms in total. The molecule has 3 aromatic rings. The third kappa shape index (κ3) is 3.09. The van der Waals surface area contributed by atoms with Crippen molar-refractivity contribution in [1.29, 1.82) is 0 Å². The molecule has 0 unspecified atom stereocenters. The van der Waals surface area contributed by atoms with Crippen LogP contribution in [0.2, 0.25) is 5.02 Å². The van der Waals surface area contributed by atoms with Gasteiger partial charge in [-0.25, -0.2) is 4.98 Å². The Morgan fingerprint density at radius 1 is 1.10 bits per heavy atom. The molecule has 0 atom stereocenters. The lowest BCUT2D eigenvalue weighted by Crippen LogP contribution is -2.01. The highest BCUT2D eigenvalue weighted by Gasteiger charge is 2.03. The first-order valence-electron chi connectivity index (χ1n) is 6.68. The van der Waals surface area contributed by atoms with Crippen LogP contribution in [0.5, 0.6) is 5.75 Å². The Morgan fingerprint density at radius 3 is 2.62 bits per heavy atom. The molecule has 0 saturated heterocycles. The third-order valence-electron chi connectivity index (χ3n) is 3.30. The van der Waals surface area contributed by atoms with Crippen molar-refractivity contribution in [2.45, 2.75) is 6.54 Å². The summed E-state index contributed by atoms with van der Waals surface area (Å²) in [5.41, 5.74) is 2.05. The van der Waals surface area contributed by atoms with Gasteiger partial charge in [0.1, 0.15) is 11.6 Å². The van der Waals surface area contributed by atoms with Crippen molar-refractivity contribution in [2.75, 3.05) is 12.4 Å². The summed E-state index contributed by atoms with van der Waals surface area (Å²) < 4.78 is 5.15. The number of hydrogen-bond donors (Lipinski definition) is 1. The molecule has 0 spiro atoms. The van der Waals surface area contributed by atoms with Crippen LogP contribution >= 0.6 is 11.6 Å². The molecule has 2 aromatic carbocycles. The van der Waals surface area contributed by atoms with Crippen molar-refractivity contribution in [2.24, 2.45) is 0 Å². The van der Waals surface area contributed by atoms with Gasteiger partial charge >= 0.3 is 0 Å². The molecule has 0 radical (unpaired) electrons. The highest BCUT2D eigenvalue weighted by atomic mass is 35.5. The van der Waals surface area contributed by atoms with E-state index in [9.17, 15) is 0 Å². The maximum absolute atomic E-state index is 6.29. The molecular formula is C17H15ClN2O. The molecule has 1 aromatic heterocycles. The number of pyridine rings is 1. The molecular weight excluding hydrogens is 284 g/mol. The lowest BCUT2D eigenvalue weighted by Gasteiger charge is -2.09. The summed E-state index contributed by atoms with van der Waals surface area (Å²) in [6.07, 6.45) is 0. The van der Waals surface area contributed by atoms with Crippen LogP contribution in [0.25, 0.3) is 10.9 Å². The fourth-order valence-corrected chi connectivity index (χ4v) is 2.42. The Bertz CT molecular complexity index is 756. The number of methoxy groups -OCH3 is 1. The van der Waals surface area contributed by atoms with Gasteiger partial charge in [-0.3, -0.25) is 0 Å². The second kappa shape index (κ2) is 6.02. The molecule has 0 aliphatic heterocycles. The molecule has 3 rings (SSSR count). The summed E-state index contributed by atoms with van der Waals surface area (Å²) in [6, 6.07) is 17.6. The fourth-order valence-electron chi connectivity index (χ4n) is 2.16. The predicted molar refractivity (Wildman–Crippen MR) is 87.1 cm³/mol. The van der Waals surface area contributed by atoms with Crippen LogP contribution in [0.1, 0.15) is 5.56 Å². The van der Waals surface area contributed by atoms with E-state index in [1.807, 2.05) is 54.6 Å². The monoisotopic (exact) mass is 298 g/mol. The molecule has 4 heteroatoms.